The van der Waals surface area contributed by atoms with Crippen LogP contribution in [-0.2, 0) is 14.9 Å². The Morgan fingerprint density at radius 3 is 2.16 bits per heavy atom. The third-order valence-electron chi connectivity index (χ3n) is 7.09. The molecule has 3 N–H and O–H groups in total. The minimum Gasteiger partial charge on any atom is -0.390 e. The second kappa shape index (κ2) is 10.1. The molecule has 0 saturated carbocycles. The van der Waals surface area contributed by atoms with Gasteiger partial charge in [-0.15, -0.1) is 0 Å². The van der Waals surface area contributed by atoms with Crippen LogP contribution in [0.15, 0.2) is 60.7 Å². The number of ether oxygens (including phenoxy) is 1. The Labute approximate surface area is 191 Å². The smallest absolute Gasteiger partial charge is 0.237 e. The summed E-state index contributed by atoms with van der Waals surface area (Å²) in [5.41, 5.74) is 7.24. The van der Waals surface area contributed by atoms with Gasteiger partial charge in [-0.25, -0.2) is 0 Å². The molecule has 1 unspecified atom stereocenters. The molecule has 6 nitrogen and oxygen atoms in total. The average Bonchev–Trinajstić information content (AvgIpc) is 2.85. The lowest BCUT2D eigenvalue weighted by atomic mass is 9.69. The Balaban J connectivity index is 1.76. The van der Waals surface area contributed by atoms with E-state index in [1.54, 1.807) is 0 Å². The molecule has 2 aliphatic heterocycles. The number of aliphatic hydroxyl groups excluding tert-OH is 1. The highest BCUT2D eigenvalue weighted by atomic mass is 16.5. The third-order valence-corrected chi connectivity index (χ3v) is 7.09. The van der Waals surface area contributed by atoms with Crippen molar-refractivity contribution in [1.82, 2.24) is 9.80 Å². The zero-order valence-electron chi connectivity index (χ0n) is 18.9. The van der Waals surface area contributed by atoms with Gasteiger partial charge < -0.3 is 20.5 Å². The first-order valence-corrected chi connectivity index (χ1v) is 11.7. The molecule has 2 aliphatic rings. The quantitative estimate of drug-likeness (QED) is 0.723. The van der Waals surface area contributed by atoms with E-state index < -0.39 is 11.5 Å². The van der Waals surface area contributed by atoms with E-state index in [0.29, 0.717) is 39.3 Å². The molecule has 0 bridgehead atoms. The van der Waals surface area contributed by atoms with Crippen LogP contribution in [0.4, 0.5) is 0 Å². The van der Waals surface area contributed by atoms with Crippen molar-refractivity contribution < 1.29 is 14.6 Å². The van der Waals surface area contributed by atoms with E-state index >= 15 is 0 Å². The number of hydrogen-bond donors (Lipinski definition) is 2. The lowest BCUT2D eigenvalue weighted by Gasteiger charge is -2.44. The number of rotatable bonds is 6. The number of benzene rings is 2. The number of nitrogens with zero attached hydrogens (tertiary/aromatic N) is 2. The predicted octanol–water partition coefficient (Wildman–Crippen LogP) is 2.00. The fourth-order valence-electron chi connectivity index (χ4n) is 5.17. The summed E-state index contributed by atoms with van der Waals surface area (Å²) >= 11 is 0. The molecule has 0 aliphatic carbocycles. The molecule has 0 aromatic heterocycles. The maximum Gasteiger partial charge on any atom is 0.237 e. The molecule has 32 heavy (non-hydrogen) atoms. The number of piperidine rings is 1. The summed E-state index contributed by atoms with van der Waals surface area (Å²) < 4.78 is 5.53. The Hall–Kier alpha value is -2.25. The lowest BCUT2D eigenvalue weighted by Crippen LogP contribution is -2.56. The standard InChI is InChI=1S/C26H35N3O3/c1-20(29-13-12-23(27)24(30)19-29)18-26(21-8-4-2-5-9-21,22-10-6-3-7-11-22)25(31)28-14-16-32-17-15-28/h2-11,20,23-24,30H,12-19,27H2,1H3/t20?,23-,24-/m1/s1. The van der Waals surface area contributed by atoms with Gasteiger partial charge in [0.25, 0.3) is 0 Å². The summed E-state index contributed by atoms with van der Waals surface area (Å²) in [6.07, 6.45) is 0.843. The fourth-order valence-corrected chi connectivity index (χ4v) is 5.17. The Morgan fingerprint density at radius 1 is 1.06 bits per heavy atom. The number of nitrogens with two attached hydrogens (primary N) is 1. The molecular formula is C26H35N3O3. The largest absolute Gasteiger partial charge is 0.390 e. The number of amides is 1. The van der Waals surface area contributed by atoms with Crippen LogP contribution in [0.2, 0.25) is 0 Å². The van der Waals surface area contributed by atoms with Crippen LogP contribution in [0.1, 0.15) is 30.9 Å². The highest BCUT2D eigenvalue weighted by molar-refractivity contribution is 5.92. The number of hydrogen-bond acceptors (Lipinski definition) is 5. The molecule has 2 aromatic carbocycles. The highest BCUT2D eigenvalue weighted by Gasteiger charge is 2.46. The number of carbonyl (C=O) groups excluding carboxylic acids is 1. The summed E-state index contributed by atoms with van der Waals surface area (Å²) in [6.45, 7) is 5.86. The first-order chi connectivity index (χ1) is 15.5. The summed E-state index contributed by atoms with van der Waals surface area (Å²) in [4.78, 5) is 18.6. The molecule has 0 spiro atoms. The van der Waals surface area contributed by atoms with E-state index in [4.69, 9.17) is 10.5 Å². The molecule has 2 saturated heterocycles. The van der Waals surface area contributed by atoms with Crippen LogP contribution in [0.3, 0.4) is 0 Å². The van der Waals surface area contributed by atoms with E-state index in [-0.39, 0.29) is 18.0 Å². The van der Waals surface area contributed by atoms with Gasteiger partial charge in [0.1, 0.15) is 5.41 Å². The number of morpholine rings is 1. The molecule has 2 fully saturated rings. The van der Waals surface area contributed by atoms with Crippen molar-refractivity contribution in [3.05, 3.63) is 71.8 Å². The van der Waals surface area contributed by atoms with Gasteiger partial charge in [-0.3, -0.25) is 9.69 Å². The van der Waals surface area contributed by atoms with Gasteiger partial charge in [-0.1, -0.05) is 60.7 Å². The zero-order valence-corrected chi connectivity index (χ0v) is 18.9. The summed E-state index contributed by atoms with van der Waals surface area (Å²) in [5.74, 6) is 0.124. The second-order valence-electron chi connectivity index (χ2n) is 9.11. The fraction of sp³-hybridized carbons (Fsp3) is 0.500. The number of carbonyl (C=O) groups is 1. The maximum absolute atomic E-state index is 14.3. The van der Waals surface area contributed by atoms with Crippen molar-refractivity contribution in [2.45, 2.75) is 43.4 Å². The van der Waals surface area contributed by atoms with Gasteiger partial charge in [0.2, 0.25) is 5.91 Å². The van der Waals surface area contributed by atoms with E-state index in [0.717, 1.165) is 24.1 Å². The van der Waals surface area contributed by atoms with Crippen LogP contribution in [-0.4, -0.2) is 78.4 Å². The second-order valence-corrected chi connectivity index (χ2v) is 9.11. The Morgan fingerprint density at radius 2 is 1.62 bits per heavy atom. The summed E-state index contributed by atoms with van der Waals surface area (Å²) in [6, 6.07) is 20.2. The van der Waals surface area contributed by atoms with Gasteiger partial charge in [-0.05, 0) is 30.9 Å². The number of β-amino-alcohol motifs (C(OH)–C–C–N with tert-alkyl or cyclic N) is 1. The molecule has 2 heterocycles. The first kappa shape index (κ1) is 22.9. The molecular weight excluding hydrogens is 402 g/mol. The monoisotopic (exact) mass is 437 g/mol. The van der Waals surface area contributed by atoms with Crippen molar-refractivity contribution in [2.24, 2.45) is 5.73 Å². The molecule has 1 amide bonds. The third kappa shape index (κ3) is 4.59. The maximum atomic E-state index is 14.3. The number of likely N-dealkylation sites (tertiary alicyclic amines) is 1. The minimum atomic E-state index is -0.816. The van der Waals surface area contributed by atoms with Gasteiger partial charge in [-0.2, -0.15) is 0 Å². The van der Waals surface area contributed by atoms with E-state index in [9.17, 15) is 9.90 Å². The van der Waals surface area contributed by atoms with Gasteiger partial charge >= 0.3 is 0 Å². The van der Waals surface area contributed by atoms with Gasteiger partial charge in [0.05, 0.1) is 19.3 Å². The predicted molar refractivity (Wildman–Crippen MR) is 125 cm³/mol. The van der Waals surface area contributed by atoms with Crippen LogP contribution in [0.25, 0.3) is 0 Å². The van der Waals surface area contributed by atoms with Crippen LogP contribution < -0.4 is 5.73 Å². The minimum absolute atomic E-state index is 0.0857. The summed E-state index contributed by atoms with van der Waals surface area (Å²) in [5, 5.41) is 10.4. The Bertz CT molecular complexity index is 831. The molecule has 2 aromatic rings. The molecule has 3 atom stereocenters. The van der Waals surface area contributed by atoms with Crippen molar-refractivity contribution in [3.63, 3.8) is 0 Å². The molecule has 172 valence electrons. The topological polar surface area (TPSA) is 79.0 Å². The molecule has 0 radical (unpaired) electrons. The SMILES string of the molecule is CC(CC(C(=O)N1CCOCC1)(c1ccccc1)c1ccccc1)N1CC[C@@H](N)[C@H](O)C1. The van der Waals surface area contributed by atoms with E-state index in [1.807, 2.05) is 41.3 Å². The van der Waals surface area contributed by atoms with Crippen molar-refractivity contribution in [1.29, 1.82) is 0 Å². The van der Waals surface area contributed by atoms with E-state index in [2.05, 4.69) is 36.1 Å². The first-order valence-electron chi connectivity index (χ1n) is 11.7. The van der Waals surface area contributed by atoms with Crippen LogP contribution in [0, 0.1) is 0 Å². The van der Waals surface area contributed by atoms with Gasteiger partial charge in [0, 0.05) is 38.3 Å². The van der Waals surface area contributed by atoms with Crippen molar-refractivity contribution in [3.8, 4) is 0 Å². The van der Waals surface area contributed by atoms with E-state index in [1.165, 1.54) is 0 Å². The number of aliphatic hydroxyl groups is 1. The van der Waals surface area contributed by atoms with Crippen LogP contribution >= 0.6 is 0 Å². The van der Waals surface area contributed by atoms with Gasteiger partial charge in [0.15, 0.2) is 0 Å². The summed E-state index contributed by atoms with van der Waals surface area (Å²) in [7, 11) is 0. The molecule has 6 heteroatoms. The van der Waals surface area contributed by atoms with Crippen molar-refractivity contribution in [2.75, 3.05) is 39.4 Å². The lowest BCUT2D eigenvalue weighted by molar-refractivity contribution is -0.141. The zero-order chi connectivity index (χ0) is 22.6. The average molecular weight is 438 g/mol. The van der Waals surface area contributed by atoms with Crippen LogP contribution in [0.5, 0.6) is 0 Å². The highest BCUT2D eigenvalue weighted by Crippen LogP contribution is 2.40. The molecule has 4 rings (SSSR count). The normalized spacial score (nSPS) is 23.7. The Kier molecular flexibility index (Phi) is 7.26. The van der Waals surface area contributed by atoms with Crippen molar-refractivity contribution >= 4 is 5.91 Å².